The van der Waals surface area contributed by atoms with Gasteiger partial charge in [-0.2, -0.15) is 0 Å². The molecule has 1 fully saturated rings. The molecule has 0 atom stereocenters. The number of benzene rings is 1. The van der Waals surface area contributed by atoms with E-state index in [1.54, 1.807) is 0 Å². The topological polar surface area (TPSA) is 3.24 Å². The Balaban J connectivity index is 1.85. The lowest BCUT2D eigenvalue weighted by Gasteiger charge is -2.38. The van der Waals surface area contributed by atoms with Gasteiger partial charge in [-0.15, -0.1) is 0 Å². The summed E-state index contributed by atoms with van der Waals surface area (Å²) >= 11 is 0. The molecule has 1 aromatic carbocycles. The third kappa shape index (κ3) is 4.07. The van der Waals surface area contributed by atoms with Gasteiger partial charge in [-0.3, -0.25) is 4.90 Å². The van der Waals surface area contributed by atoms with Gasteiger partial charge < -0.3 is 0 Å². The molecule has 0 N–H and O–H groups in total. The first-order valence-corrected chi connectivity index (χ1v) is 7.79. The van der Waals surface area contributed by atoms with E-state index in [4.69, 9.17) is 0 Å². The highest BCUT2D eigenvalue weighted by molar-refractivity contribution is 5.22. The van der Waals surface area contributed by atoms with Crippen molar-refractivity contribution in [3.05, 3.63) is 35.4 Å². The van der Waals surface area contributed by atoms with Gasteiger partial charge in [-0.1, -0.05) is 52.0 Å². The summed E-state index contributed by atoms with van der Waals surface area (Å²) in [6.45, 7) is 13.0. The highest BCUT2D eigenvalue weighted by Gasteiger charge is 2.28. The zero-order valence-electron chi connectivity index (χ0n) is 13.1. The lowest BCUT2D eigenvalue weighted by Crippen LogP contribution is -2.37. The zero-order valence-corrected chi connectivity index (χ0v) is 13.1. The molecule has 1 saturated heterocycles. The van der Waals surface area contributed by atoms with Gasteiger partial charge in [0.1, 0.15) is 0 Å². The fourth-order valence-corrected chi connectivity index (χ4v) is 3.10. The molecule has 0 bridgehead atoms. The van der Waals surface area contributed by atoms with Crippen molar-refractivity contribution in [3.63, 3.8) is 0 Å². The van der Waals surface area contributed by atoms with Crippen LogP contribution in [0.25, 0.3) is 0 Å². The van der Waals surface area contributed by atoms with Gasteiger partial charge >= 0.3 is 0 Å². The minimum absolute atomic E-state index is 0.481. The van der Waals surface area contributed by atoms with Gasteiger partial charge in [-0.05, 0) is 54.8 Å². The van der Waals surface area contributed by atoms with Crippen molar-refractivity contribution in [2.45, 2.75) is 53.5 Å². The zero-order chi connectivity index (χ0) is 13.9. The minimum Gasteiger partial charge on any atom is -0.299 e. The quantitative estimate of drug-likeness (QED) is 0.772. The predicted molar refractivity (Wildman–Crippen MR) is 83.3 cm³/mol. The molecule has 0 spiro atoms. The molecular formula is C18H29N. The lowest BCUT2D eigenvalue weighted by atomic mass is 9.75. The van der Waals surface area contributed by atoms with Crippen LogP contribution < -0.4 is 0 Å². The first kappa shape index (κ1) is 14.6. The van der Waals surface area contributed by atoms with Crippen molar-refractivity contribution < 1.29 is 0 Å². The van der Waals surface area contributed by atoms with Crippen LogP contribution in [0.4, 0.5) is 0 Å². The molecule has 1 aromatic rings. The molecule has 1 aliphatic rings. The summed E-state index contributed by atoms with van der Waals surface area (Å²) in [6, 6.07) is 9.15. The van der Waals surface area contributed by atoms with Crippen LogP contribution in [0.1, 0.15) is 51.7 Å². The van der Waals surface area contributed by atoms with Crippen LogP contribution in [0.3, 0.4) is 0 Å². The molecule has 0 aliphatic carbocycles. The summed E-state index contributed by atoms with van der Waals surface area (Å²) in [5.41, 5.74) is 3.39. The van der Waals surface area contributed by atoms with Crippen molar-refractivity contribution in [1.82, 2.24) is 4.90 Å². The Morgan fingerprint density at radius 3 is 2.00 bits per heavy atom. The number of piperidine rings is 1. The van der Waals surface area contributed by atoms with Crippen molar-refractivity contribution in [2.24, 2.45) is 11.3 Å². The van der Waals surface area contributed by atoms with Crippen LogP contribution >= 0.6 is 0 Å². The van der Waals surface area contributed by atoms with E-state index < -0.39 is 0 Å². The number of hydrogen-bond acceptors (Lipinski definition) is 1. The van der Waals surface area contributed by atoms with E-state index in [1.165, 1.54) is 37.1 Å². The van der Waals surface area contributed by atoms with Gasteiger partial charge in [0.05, 0.1) is 0 Å². The second-order valence-corrected chi connectivity index (χ2v) is 7.09. The fourth-order valence-electron chi connectivity index (χ4n) is 3.10. The maximum absolute atomic E-state index is 2.61. The summed E-state index contributed by atoms with van der Waals surface area (Å²) in [5.74, 6) is 0.895. The van der Waals surface area contributed by atoms with Crippen LogP contribution in [0.5, 0.6) is 0 Å². The maximum atomic E-state index is 2.61. The van der Waals surface area contributed by atoms with E-state index in [2.05, 4.69) is 56.9 Å². The summed E-state index contributed by atoms with van der Waals surface area (Å²) in [6.07, 6.45) is 3.85. The Kier molecular flexibility index (Phi) is 4.67. The minimum atomic E-state index is 0.481. The third-order valence-corrected chi connectivity index (χ3v) is 4.65. The molecule has 0 amide bonds. The smallest absolute Gasteiger partial charge is 0.0233 e. The predicted octanol–water partition coefficient (Wildman–Crippen LogP) is 4.51. The molecule has 2 rings (SSSR count). The molecule has 1 aliphatic heterocycles. The molecule has 0 saturated carbocycles. The van der Waals surface area contributed by atoms with Crippen molar-refractivity contribution >= 4 is 0 Å². The number of nitrogens with zero attached hydrogens (tertiary/aromatic N) is 1. The van der Waals surface area contributed by atoms with Gasteiger partial charge in [0, 0.05) is 6.54 Å². The molecule has 0 aromatic heterocycles. The lowest BCUT2D eigenvalue weighted by molar-refractivity contribution is 0.108. The molecule has 0 unspecified atom stereocenters. The van der Waals surface area contributed by atoms with E-state index in [9.17, 15) is 0 Å². The first-order chi connectivity index (χ1) is 8.99. The monoisotopic (exact) mass is 259 g/mol. The molecule has 1 nitrogen and oxygen atoms in total. The van der Waals surface area contributed by atoms with Gasteiger partial charge in [0.2, 0.25) is 0 Å². The highest BCUT2D eigenvalue weighted by Crippen LogP contribution is 2.34. The van der Waals surface area contributed by atoms with Crippen molar-refractivity contribution in [3.8, 4) is 0 Å². The van der Waals surface area contributed by atoms with Crippen molar-refractivity contribution in [2.75, 3.05) is 13.1 Å². The van der Waals surface area contributed by atoms with E-state index >= 15 is 0 Å². The molecule has 0 radical (unpaired) electrons. The molecule has 106 valence electrons. The van der Waals surface area contributed by atoms with Crippen LogP contribution in [-0.2, 0) is 13.0 Å². The summed E-state index contributed by atoms with van der Waals surface area (Å²) < 4.78 is 0. The van der Waals surface area contributed by atoms with Gasteiger partial charge in [0.25, 0.3) is 0 Å². The highest BCUT2D eigenvalue weighted by atomic mass is 15.1. The Morgan fingerprint density at radius 2 is 1.53 bits per heavy atom. The number of rotatable bonds is 3. The van der Waals surface area contributed by atoms with Crippen LogP contribution in [0.15, 0.2) is 24.3 Å². The normalized spacial score (nSPS) is 18.7. The first-order valence-electron chi connectivity index (χ1n) is 7.79. The van der Waals surface area contributed by atoms with Crippen LogP contribution in [-0.4, -0.2) is 18.0 Å². The Hall–Kier alpha value is -0.820. The maximum Gasteiger partial charge on any atom is 0.0233 e. The Bertz CT molecular complexity index is 377. The second-order valence-electron chi connectivity index (χ2n) is 7.09. The fraction of sp³-hybridized carbons (Fsp3) is 0.667. The second kappa shape index (κ2) is 6.09. The molecular weight excluding hydrogens is 230 g/mol. The molecule has 1 heterocycles. The summed E-state index contributed by atoms with van der Waals surface area (Å²) in [5, 5.41) is 0. The van der Waals surface area contributed by atoms with Crippen LogP contribution in [0.2, 0.25) is 0 Å². The summed E-state index contributed by atoms with van der Waals surface area (Å²) in [4.78, 5) is 2.61. The molecule has 1 heteroatoms. The van der Waals surface area contributed by atoms with E-state index in [0.717, 1.165) is 18.9 Å². The number of likely N-dealkylation sites (tertiary alicyclic amines) is 1. The summed E-state index contributed by atoms with van der Waals surface area (Å²) in [7, 11) is 0. The van der Waals surface area contributed by atoms with Gasteiger partial charge in [-0.25, -0.2) is 0 Å². The average molecular weight is 259 g/mol. The SMILES string of the molecule is CCc1ccc(CN2CCC(C(C)(C)C)CC2)cc1. The third-order valence-electron chi connectivity index (χ3n) is 4.65. The standard InChI is InChI=1S/C18H29N/c1-5-15-6-8-16(9-7-15)14-19-12-10-17(11-13-19)18(2,3)4/h6-9,17H,5,10-14H2,1-4H3. The number of aryl methyl sites for hydroxylation is 1. The largest absolute Gasteiger partial charge is 0.299 e. The van der Waals surface area contributed by atoms with E-state index in [0.29, 0.717) is 5.41 Å². The number of hydrogen-bond donors (Lipinski definition) is 0. The Morgan fingerprint density at radius 1 is 1.00 bits per heavy atom. The molecule has 19 heavy (non-hydrogen) atoms. The average Bonchev–Trinajstić information content (AvgIpc) is 2.39. The van der Waals surface area contributed by atoms with Crippen molar-refractivity contribution in [1.29, 1.82) is 0 Å². The van der Waals surface area contributed by atoms with E-state index in [1.807, 2.05) is 0 Å². The van der Waals surface area contributed by atoms with Crippen LogP contribution in [0, 0.1) is 11.3 Å². The van der Waals surface area contributed by atoms with E-state index in [-0.39, 0.29) is 0 Å². The Labute approximate surface area is 119 Å². The van der Waals surface area contributed by atoms with Gasteiger partial charge in [0.15, 0.2) is 0 Å².